The maximum Gasteiger partial charge on any atom is 0.257 e. The number of ether oxygens (including phenoxy) is 1. The molecule has 0 aliphatic rings. The molecule has 1 amide bonds. The van der Waals surface area contributed by atoms with E-state index in [1.165, 1.54) is 0 Å². The predicted molar refractivity (Wildman–Crippen MR) is 81.9 cm³/mol. The number of nitrogens with one attached hydrogen (secondary N) is 1. The Morgan fingerprint density at radius 3 is 2.40 bits per heavy atom. The van der Waals surface area contributed by atoms with Gasteiger partial charge >= 0.3 is 0 Å². The third-order valence-corrected chi connectivity index (χ3v) is 3.29. The van der Waals surface area contributed by atoms with Crippen molar-refractivity contribution in [3.8, 4) is 5.75 Å². The molecule has 0 saturated heterocycles. The van der Waals surface area contributed by atoms with Crippen LogP contribution in [-0.4, -0.2) is 13.0 Å². The lowest BCUT2D eigenvalue weighted by Crippen LogP contribution is -2.13. The van der Waals surface area contributed by atoms with Gasteiger partial charge in [-0.15, -0.1) is 0 Å². The molecular weight excluding hydrogens is 274 g/mol. The third kappa shape index (κ3) is 3.11. The summed E-state index contributed by atoms with van der Waals surface area (Å²) >= 11 is 6.10. The molecule has 0 atom stereocenters. The van der Waals surface area contributed by atoms with E-state index < -0.39 is 0 Å². The van der Waals surface area contributed by atoms with Gasteiger partial charge in [0, 0.05) is 0 Å². The van der Waals surface area contributed by atoms with Crippen molar-refractivity contribution in [2.24, 2.45) is 0 Å². The summed E-state index contributed by atoms with van der Waals surface area (Å²) in [6, 6.07) is 10.9. The van der Waals surface area contributed by atoms with Gasteiger partial charge in [0.2, 0.25) is 0 Å². The van der Waals surface area contributed by atoms with Crippen LogP contribution in [0.4, 0.5) is 5.69 Å². The van der Waals surface area contributed by atoms with E-state index in [4.69, 9.17) is 16.3 Å². The van der Waals surface area contributed by atoms with E-state index in [1.54, 1.807) is 19.2 Å². The molecule has 1 N–H and O–H groups in total. The average Bonchev–Trinajstić information content (AvgIpc) is 2.38. The number of anilines is 1. The fraction of sp³-hybridized carbons (Fsp3) is 0.188. The molecule has 0 aliphatic carbocycles. The molecular formula is C16H16ClNO2. The van der Waals surface area contributed by atoms with Crippen LogP contribution in [0, 0.1) is 13.8 Å². The van der Waals surface area contributed by atoms with Crippen LogP contribution in [0.3, 0.4) is 0 Å². The van der Waals surface area contributed by atoms with Crippen molar-refractivity contribution >= 4 is 23.2 Å². The van der Waals surface area contributed by atoms with Crippen LogP contribution < -0.4 is 10.1 Å². The van der Waals surface area contributed by atoms with Gasteiger partial charge in [0.05, 0.1) is 23.4 Å². The fourth-order valence-electron chi connectivity index (χ4n) is 1.91. The van der Waals surface area contributed by atoms with Crippen LogP contribution in [0.1, 0.15) is 21.5 Å². The Bertz CT molecular complexity index is 653. The Kier molecular flexibility index (Phi) is 4.30. The molecule has 0 spiro atoms. The first-order valence-electron chi connectivity index (χ1n) is 6.23. The van der Waals surface area contributed by atoms with E-state index in [0.29, 0.717) is 22.0 Å². The van der Waals surface area contributed by atoms with Crippen molar-refractivity contribution in [2.75, 3.05) is 12.4 Å². The maximum absolute atomic E-state index is 12.3. The molecule has 20 heavy (non-hydrogen) atoms. The molecule has 2 rings (SSSR count). The zero-order valence-electron chi connectivity index (χ0n) is 11.7. The third-order valence-electron chi connectivity index (χ3n) is 2.97. The highest BCUT2D eigenvalue weighted by Gasteiger charge is 2.13. The lowest BCUT2D eigenvalue weighted by atomic mass is 10.1. The zero-order chi connectivity index (χ0) is 14.7. The summed E-state index contributed by atoms with van der Waals surface area (Å²) < 4.78 is 5.24. The zero-order valence-corrected chi connectivity index (χ0v) is 12.4. The van der Waals surface area contributed by atoms with Crippen molar-refractivity contribution in [2.45, 2.75) is 13.8 Å². The smallest absolute Gasteiger partial charge is 0.257 e. The summed E-state index contributed by atoms with van der Waals surface area (Å²) in [6.07, 6.45) is 0. The molecule has 0 aliphatic heterocycles. The summed E-state index contributed by atoms with van der Waals surface area (Å²) in [5.41, 5.74) is 3.13. The summed E-state index contributed by atoms with van der Waals surface area (Å²) in [5, 5.41) is 3.27. The molecule has 0 fully saturated rings. The van der Waals surface area contributed by atoms with Crippen molar-refractivity contribution < 1.29 is 9.53 Å². The molecule has 104 valence electrons. The van der Waals surface area contributed by atoms with Crippen LogP contribution in [0.25, 0.3) is 0 Å². The summed E-state index contributed by atoms with van der Waals surface area (Å²) in [4.78, 5) is 12.3. The Morgan fingerprint density at radius 1 is 1.10 bits per heavy atom. The summed E-state index contributed by atoms with van der Waals surface area (Å²) in [6.45, 7) is 3.88. The normalized spacial score (nSPS) is 10.2. The van der Waals surface area contributed by atoms with Gasteiger partial charge in [-0.25, -0.2) is 0 Å². The van der Waals surface area contributed by atoms with Gasteiger partial charge in [0.1, 0.15) is 5.75 Å². The quantitative estimate of drug-likeness (QED) is 0.919. The van der Waals surface area contributed by atoms with E-state index in [2.05, 4.69) is 5.32 Å². The van der Waals surface area contributed by atoms with Crippen LogP contribution in [0.15, 0.2) is 36.4 Å². The van der Waals surface area contributed by atoms with Gasteiger partial charge in [-0.2, -0.15) is 0 Å². The second-order valence-electron chi connectivity index (χ2n) is 4.64. The predicted octanol–water partition coefficient (Wildman–Crippen LogP) is 4.22. The minimum absolute atomic E-state index is 0.251. The van der Waals surface area contributed by atoms with E-state index in [1.807, 2.05) is 38.1 Å². The number of methoxy groups -OCH3 is 1. The second kappa shape index (κ2) is 5.97. The second-order valence-corrected chi connectivity index (χ2v) is 5.05. The van der Waals surface area contributed by atoms with E-state index in [-0.39, 0.29) is 5.91 Å². The van der Waals surface area contributed by atoms with Crippen LogP contribution in [0.2, 0.25) is 5.02 Å². The highest BCUT2D eigenvalue weighted by atomic mass is 35.5. The van der Waals surface area contributed by atoms with Crippen LogP contribution in [-0.2, 0) is 0 Å². The maximum atomic E-state index is 12.3. The molecule has 2 aromatic carbocycles. The largest absolute Gasteiger partial charge is 0.495 e. The standard InChI is InChI=1S/C16H16ClNO2/c1-10-4-6-12(13(17)8-10)16(19)18-14-9-11(2)5-7-15(14)20-3/h4-9H,1-3H3,(H,18,19). The van der Waals surface area contributed by atoms with Gasteiger partial charge in [0.25, 0.3) is 5.91 Å². The average molecular weight is 290 g/mol. The topological polar surface area (TPSA) is 38.3 Å². The molecule has 2 aromatic rings. The number of amides is 1. The number of halogens is 1. The van der Waals surface area contributed by atoms with Gasteiger partial charge in [0.15, 0.2) is 0 Å². The van der Waals surface area contributed by atoms with Gasteiger partial charge in [-0.3, -0.25) is 4.79 Å². The van der Waals surface area contributed by atoms with Crippen molar-refractivity contribution in [3.05, 3.63) is 58.1 Å². The Labute approximate surface area is 123 Å². The van der Waals surface area contributed by atoms with Crippen LogP contribution >= 0.6 is 11.6 Å². The number of carbonyl (C=O) groups is 1. The molecule has 0 saturated carbocycles. The minimum Gasteiger partial charge on any atom is -0.495 e. The number of aryl methyl sites for hydroxylation is 2. The van der Waals surface area contributed by atoms with Crippen molar-refractivity contribution in [1.82, 2.24) is 0 Å². The Balaban J connectivity index is 2.30. The van der Waals surface area contributed by atoms with Gasteiger partial charge in [-0.1, -0.05) is 23.7 Å². The minimum atomic E-state index is -0.251. The molecule has 4 heteroatoms. The monoisotopic (exact) mass is 289 g/mol. The molecule has 0 bridgehead atoms. The Morgan fingerprint density at radius 2 is 1.75 bits per heavy atom. The fourth-order valence-corrected chi connectivity index (χ4v) is 2.23. The Hall–Kier alpha value is -2.00. The number of benzene rings is 2. The first-order chi connectivity index (χ1) is 9.51. The van der Waals surface area contributed by atoms with Crippen molar-refractivity contribution in [1.29, 1.82) is 0 Å². The number of hydrogen-bond acceptors (Lipinski definition) is 2. The SMILES string of the molecule is COc1ccc(C)cc1NC(=O)c1ccc(C)cc1Cl. The molecule has 0 heterocycles. The first kappa shape index (κ1) is 14.4. The summed E-state index contributed by atoms with van der Waals surface area (Å²) in [7, 11) is 1.57. The van der Waals surface area contributed by atoms with Crippen molar-refractivity contribution in [3.63, 3.8) is 0 Å². The lowest BCUT2D eigenvalue weighted by Gasteiger charge is -2.12. The van der Waals surface area contributed by atoms with E-state index in [0.717, 1.165) is 11.1 Å². The highest BCUT2D eigenvalue weighted by Crippen LogP contribution is 2.27. The first-order valence-corrected chi connectivity index (χ1v) is 6.61. The van der Waals surface area contributed by atoms with E-state index in [9.17, 15) is 4.79 Å². The number of hydrogen-bond donors (Lipinski definition) is 1. The number of carbonyl (C=O) groups excluding carboxylic acids is 1. The number of rotatable bonds is 3. The van der Waals surface area contributed by atoms with Crippen LogP contribution in [0.5, 0.6) is 5.75 Å². The van der Waals surface area contributed by atoms with E-state index >= 15 is 0 Å². The molecule has 0 aromatic heterocycles. The molecule has 0 radical (unpaired) electrons. The molecule has 3 nitrogen and oxygen atoms in total. The van der Waals surface area contributed by atoms with Gasteiger partial charge in [-0.05, 0) is 49.2 Å². The molecule has 0 unspecified atom stereocenters. The summed E-state index contributed by atoms with van der Waals surface area (Å²) in [5.74, 6) is 0.367. The van der Waals surface area contributed by atoms with Gasteiger partial charge < -0.3 is 10.1 Å². The lowest BCUT2D eigenvalue weighted by molar-refractivity contribution is 0.102. The highest BCUT2D eigenvalue weighted by molar-refractivity contribution is 6.34.